The molecule has 2 aromatic rings. The molecule has 0 bridgehead atoms. The maximum Gasteiger partial charge on any atom is 0.301 e. The predicted molar refractivity (Wildman–Crippen MR) is 133 cm³/mol. The summed E-state index contributed by atoms with van der Waals surface area (Å²) in [5.74, 6) is -3.24. The molecule has 0 fully saturated rings. The Hall–Kier alpha value is -1.61. The van der Waals surface area contributed by atoms with Gasteiger partial charge in [-0.15, -0.1) is 0 Å². The topological polar surface area (TPSA) is 82.7 Å². The van der Waals surface area contributed by atoms with Crippen LogP contribution in [0.4, 0.5) is 30.2 Å². The van der Waals surface area contributed by atoms with Gasteiger partial charge in [-0.1, -0.05) is 13.8 Å². The van der Waals surface area contributed by atoms with Gasteiger partial charge in [0, 0.05) is 29.8 Å². The number of halogens is 4. The normalized spacial score (nSPS) is 11.9. The molecule has 0 aliphatic heterocycles. The molecule has 0 saturated carbocycles. The Morgan fingerprint density at radius 2 is 1.76 bits per heavy atom. The van der Waals surface area contributed by atoms with Crippen molar-refractivity contribution in [1.82, 2.24) is 9.62 Å². The van der Waals surface area contributed by atoms with Gasteiger partial charge in [-0.2, -0.15) is 12.7 Å². The monoisotopic (exact) mass is 600 g/mol. The quantitative estimate of drug-likeness (QED) is 0.234. The van der Waals surface area contributed by atoms with Crippen molar-refractivity contribution in [2.24, 2.45) is 0 Å². The first-order valence-corrected chi connectivity index (χ1v) is 12.8. The molecule has 0 saturated heterocycles. The second-order valence-electron chi connectivity index (χ2n) is 7.49. The van der Waals surface area contributed by atoms with Gasteiger partial charge in [0.25, 0.3) is 0 Å². The van der Waals surface area contributed by atoms with Crippen molar-refractivity contribution < 1.29 is 26.3 Å². The van der Waals surface area contributed by atoms with Crippen molar-refractivity contribution in [2.75, 3.05) is 43.4 Å². The molecule has 0 spiro atoms. The van der Waals surface area contributed by atoms with E-state index in [1.54, 1.807) is 6.07 Å². The van der Waals surface area contributed by atoms with Crippen molar-refractivity contribution in [3.8, 4) is 0 Å². The predicted octanol–water partition coefficient (Wildman–Crippen LogP) is 4.45. The van der Waals surface area contributed by atoms with Crippen LogP contribution >= 0.6 is 22.6 Å². The fourth-order valence-electron chi connectivity index (χ4n) is 2.88. The number of anilines is 3. The smallest absolute Gasteiger partial charge is 0.301 e. The van der Waals surface area contributed by atoms with Crippen molar-refractivity contribution in [1.29, 1.82) is 0 Å². The third-order valence-electron chi connectivity index (χ3n) is 4.55. The van der Waals surface area contributed by atoms with Crippen LogP contribution in [0.15, 0.2) is 30.3 Å². The molecule has 0 aromatic heterocycles. The number of ether oxygens (including phenoxy) is 1. The summed E-state index contributed by atoms with van der Waals surface area (Å²) in [7, 11) is -2.71. The van der Waals surface area contributed by atoms with Crippen molar-refractivity contribution in [3.05, 3.63) is 51.4 Å². The summed E-state index contributed by atoms with van der Waals surface area (Å²) < 4.78 is 78.0. The molecule has 33 heavy (non-hydrogen) atoms. The summed E-state index contributed by atoms with van der Waals surface area (Å²) in [6, 6.07) is 6.27. The number of hydrogen-bond acceptors (Lipinski definition) is 5. The zero-order valence-electron chi connectivity index (χ0n) is 18.6. The summed E-state index contributed by atoms with van der Waals surface area (Å²) in [6.07, 6.45) is 0.527. The standard InChI is InChI=1S/C21H28F3IN4O3S/c1-14(2)26-9-4-10-29(11-12-32-3)33(30,31)28-19-8-6-16(22)20(24)21(19)27-18-7-5-15(25)13-17(18)23/h5-8,13-14,26-28H,4,9-12H2,1-3H3. The van der Waals surface area contributed by atoms with E-state index in [4.69, 9.17) is 4.74 Å². The van der Waals surface area contributed by atoms with E-state index in [1.165, 1.54) is 19.2 Å². The van der Waals surface area contributed by atoms with Crippen molar-refractivity contribution >= 4 is 49.9 Å². The largest absolute Gasteiger partial charge is 0.383 e. The van der Waals surface area contributed by atoms with Gasteiger partial charge in [-0.05, 0) is 65.9 Å². The number of benzene rings is 2. The fourth-order valence-corrected chi connectivity index (χ4v) is 4.59. The van der Waals surface area contributed by atoms with Gasteiger partial charge in [0.2, 0.25) is 0 Å². The maximum atomic E-state index is 14.6. The lowest BCUT2D eigenvalue weighted by molar-refractivity contribution is 0.178. The maximum absolute atomic E-state index is 14.6. The molecule has 0 aliphatic carbocycles. The van der Waals surface area contributed by atoms with E-state index in [1.807, 2.05) is 36.4 Å². The van der Waals surface area contributed by atoms with Gasteiger partial charge in [0.15, 0.2) is 11.6 Å². The minimum Gasteiger partial charge on any atom is -0.383 e. The summed E-state index contributed by atoms with van der Waals surface area (Å²) in [5, 5.41) is 5.68. The Morgan fingerprint density at radius 1 is 1.06 bits per heavy atom. The van der Waals surface area contributed by atoms with Crippen LogP contribution in [0, 0.1) is 21.0 Å². The third-order valence-corrected chi connectivity index (χ3v) is 6.74. The Balaban J connectivity index is 2.30. The van der Waals surface area contributed by atoms with E-state index in [0.29, 0.717) is 16.5 Å². The number of nitrogens with one attached hydrogen (secondary N) is 3. The van der Waals surface area contributed by atoms with Crippen LogP contribution in [0.5, 0.6) is 0 Å². The Labute approximate surface area is 206 Å². The minimum absolute atomic E-state index is 0.0612. The Bertz CT molecular complexity index is 1040. The molecule has 0 heterocycles. The lowest BCUT2D eigenvalue weighted by Gasteiger charge is -2.24. The van der Waals surface area contributed by atoms with Gasteiger partial charge < -0.3 is 15.4 Å². The number of hydrogen-bond donors (Lipinski definition) is 3. The van der Waals surface area contributed by atoms with E-state index in [9.17, 15) is 21.6 Å². The molecule has 7 nitrogen and oxygen atoms in total. The van der Waals surface area contributed by atoms with Crippen LogP contribution < -0.4 is 15.4 Å². The second-order valence-corrected chi connectivity index (χ2v) is 10.4. The summed E-state index contributed by atoms with van der Waals surface area (Å²) >= 11 is 1.91. The highest BCUT2D eigenvalue weighted by Gasteiger charge is 2.25. The van der Waals surface area contributed by atoms with E-state index in [-0.39, 0.29) is 37.1 Å². The van der Waals surface area contributed by atoms with Crippen molar-refractivity contribution in [3.63, 3.8) is 0 Å². The molecular formula is C21H28F3IN4O3S. The SMILES string of the molecule is COCCN(CCCNC(C)C)S(=O)(=O)Nc1ccc(F)c(F)c1Nc1ccc(I)cc1F. The second kappa shape index (κ2) is 12.7. The average molecular weight is 600 g/mol. The van der Waals surface area contributed by atoms with Gasteiger partial charge in [0.05, 0.1) is 18.0 Å². The molecule has 2 rings (SSSR count). The van der Waals surface area contributed by atoms with E-state index in [2.05, 4.69) is 15.4 Å². The molecule has 0 unspecified atom stereocenters. The molecular weight excluding hydrogens is 572 g/mol. The molecule has 0 amide bonds. The van der Waals surface area contributed by atoms with Crippen LogP contribution in [0.2, 0.25) is 0 Å². The van der Waals surface area contributed by atoms with E-state index in [0.717, 1.165) is 16.4 Å². The molecule has 2 aromatic carbocycles. The molecule has 0 aliphatic rings. The first kappa shape index (κ1) is 27.6. The number of methoxy groups -OCH3 is 1. The first-order valence-electron chi connectivity index (χ1n) is 10.3. The molecule has 0 atom stereocenters. The van der Waals surface area contributed by atoms with Gasteiger partial charge in [-0.3, -0.25) is 4.72 Å². The molecule has 3 N–H and O–H groups in total. The van der Waals surface area contributed by atoms with E-state index < -0.39 is 33.3 Å². The Morgan fingerprint density at radius 3 is 2.39 bits per heavy atom. The molecule has 12 heteroatoms. The highest BCUT2D eigenvalue weighted by Crippen LogP contribution is 2.32. The zero-order chi connectivity index (χ0) is 24.6. The van der Waals surface area contributed by atoms with Crippen molar-refractivity contribution in [2.45, 2.75) is 26.3 Å². The summed E-state index contributed by atoms with van der Waals surface area (Å²) in [6.45, 7) is 4.95. The Kier molecular flexibility index (Phi) is 10.7. The van der Waals surface area contributed by atoms with Crippen LogP contribution in [0.1, 0.15) is 20.3 Å². The van der Waals surface area contributed by atoms with Crippen LogP contribution in [0.25, 0.3) is 0 Å². The molecule has 184 valence electrons. The lowest BCUT2D eigenvalue weighted by atomic mass is 10.2. The lowest BCUT2D eigenvalue weighted by Crippen LogP contribution is -2.40. The van der Waals surface area contributed by atoms with Gasteiger partial charge in [-0.25, -0.2) is 13.2 Å². The van der Waals surface area contributed by atoms with Crippen LogP contribution in [0.3, 0.4) is 0 Å². The van der Waals surface area contributed by atoms with E-state index >= 15 is 0 Å². The number of nitrogens with zero attached hydrogens (tertiary/aromatic N) is 1. The fraction of sp³-hybridized carbons (Fsp3) is 0.429. The van der Waals surface area contributed by atoms with Gasteiger partial charge in [0.1, 0.15) is 11.5 Å². The third kappa shape index (κ3) is 8.28. The highest BCUT2D eigenvalue weighted by molar-refractivity contribution is 14.1. The van der Waals surface area contributed by atoms with Crippen LogP contribution in [-0.2, 0) is 14.9 Å². The number of rotatable bonds is 13. The van der Waals surface area contributed by atoms with Gasteiger partial charge >= 0.3 is 10.2 Å². The first-order chi connectivity index (χ1) is 15.5. The average Bonchev–Trinajstić information content (AvgIpc) is 2.73. The highest BCUT2D eigenvalue weighted by atomic mass is 127. The summed E-state index contributed by atoms with van der Waals surface area (Å²) in [5.41, 5.74) is -0.905. The van der Waals surface area contributed by atoms with Crippen LogP contribution in [-0.4, -0.2) is 52.1 Å². The minimum atomic E-state index is -4.16. The molecule has 0 radical (unpaired) electrons. The zero-order valence-corrected chi connectivity index (χ0v) is 21.6. The summed E-state index contributed by atoms with van der Waals surface area (Å²) in [4.78, 5) is 0.